The SMILES string of the molecule is COc1cc(CO/C=C/CO)cc(OC)c1O[C@@H]1O[C@H](CO)[C@@H](O)[C@H](O)[C@H]1O. The number of methoxy groups -OCH3 is 2. The van der Waals surface area contributed by atoms with Crippen molar-refractivity contribution in [3.8, 4) is 17.2 Å². The Balaban J connectivity index is 2.25. The first-order valence-electron chi connectivity index (χ1n) is 8.56. The van der Waals surface area contributed by atoms with Crippen LogP contribution in [0.25, 0.3) is 0 Å². The monoisotopic (exact) mass is 402 g/mol. The first-order valence-corrected chi connectivity index (χ1v) is 8.56. The predicted octanol–water partition coefficient (Wildman–Crippen LogP) is -1.09. The lowest BCUT2D eigenvalue weighted by molar-refractivity contribution is -0.277. The van der Waals surface area contributed by atoms with Crippen LogP contribution in [0.2, 0.25) is 0 Å². The standard InChI is InChI=1S/C18H26O10/c1-24-11-6-10(9-26-5-3-4-19)7-12(25-2)17(11)28-18-16(23)15(22)14(21)13(8-20)27-18/h3,5-7,13-16,18-23H,4,8-9H2,1-2H3/b5-3+/t13-,14-,15+,16-,18+/m1/s1. The van der Waals surface area contributed by atoms with Crippen molar-refractivity contribution in [2.24, 2.45) is 0 Å². The van der Waals surface area contributed by atoms with Gasteiger partial charge in [0, 0.05) is 0 Å². The van der Waals surface area contributed by atoms with Crippen LogP contribution in [-0.2, 0) is 16.1 Å². The number of ether oxygens (including phenoxy) is 5. The number of rotatable bonds is 9. The van der Waals surface area contributed by atoms with Crippen molar-refractivity contribution in [1.29, 1.82) is 0 Å². The van der Waals surface area contributed by atoms with Crippen molar-refractivity contribution in [2.45, 2.75) is 37.3 Å². The maximum Gasteiger partial charge on any atom is 0.229 e. The largest absolute Gasteiger partial charge is 0.497 e. The summed E-state index contributed by atoms with van der Waals surface area (Å²) >= 11 is 0. The van der Waals surface area contributed by atoms with Crippen LogP contribution in [-0.4, -0.2) is 83.7 Å². The third kappa shape index (κ3) is 5.04. The van der Waals surface area contributed by atoms with Crippen LogP contribution in [0, 0.1) is 0 Å². The van der Waals surface area contributed by atoms with Gasteiger partial charge in [0.05, 0.1) is 33.7 Å². The van der Waals surface area contributed by atoms with E-state index in [2.05, 4.69) is 0 Å². The molecule has 158 valence electrons. The summed E-state index contributed by atoms with van der Waals surface area (Å²) in [5, 5.41) is 47.9. The van der Waals surface area contributed by atoms with Gasteiger partial charge in [-0.3, -0.25) is 0 Å². The topological polar surface area (TPSA) is 147 Å². The first-order chi connectivity index (χ1) is 13.5. The molecule has 0 aliphatic carbocycles. The summed E-state index contributed by atoms with van der Waals surface area (Å²) in [6.07, 6.45) is -4.32. The van der Waals surface area contributed by atoms with E-state index in [9.17, 15) is 20.4 Å². The van der Waals surface area contributed by atoms with E-state index in [1.54, 1.807) is 12.1 Å². The van der Waals surface area contributed by atoms with Gasteiger partial charge in [0.25, 0.3) is 0 Å². The molecule has 1 aromatic rings. The van der Waals surface area contributed by atoms with Crippen LogP contribution in [0.3, 0.4) is 0 Å². The zero-order chi connectivity index (χ0) is 20.7. The van der Waals surface area contributed by atoms with Crippen LogP contribution >= 0.6 is 0 Å². The highest BCUT2D eigenvalue weighted by atomic mass is 16.7. The van der Waals surface area contributed by atoms with Gasteiger partial charge in [0.15, 0.2) is 11.5 Å². The number of hydrogen-bond acceptors (Lipinski definition) is 10. The van der Waals surface area contributed by atoms with Crippen molar-refractivity contribution < 1.29 is 49.2 Å². The van der Waals surface area contributed by atoms with E-state index in [0.29, 0.717) is 5.56 Å². The molecule has 1 aromatic carbocycles. The molecule has 5 N–H and O–H groups in total. The van der Waals surface area contributed by atoms with Crippen LogP contribution in [0.15, 0.2) is 24.5 Å². The summed E-state index contributed by atoms with van der Waals surface area (Å²) in [5.41, 5.74) is 0.678. The fourth-order valence-electron chi connectivity index (χ4n) is 2.67. The molecule has 0 bridgehead atoms. The highest BCUT2D eigenvalue weighted by Gasteiger charge is 2.45. The Hall–Kier alpha value is -2.08. The normalized spacial score (nSPS) is 27.6. The summed E-state index contributed by atoms with van der Waals surface area (Å²) in [4.78, 5) is 0. The van der Waals surface area contributed by atoms with Crippen molar-refractivity contribution in [3.63, 3.8) is 0 Å². The second-order valence-corrected chi connectivity index (χ2v) is 6.01. The van der Waals surface area contributed by atoms with E-state index < -0.39 is 37.3 Å². The van der Waals surface area contributed by atoms with E-state index in [1.807, 2.05) is 0 Å². The molecule has 1 saturated heterocycles. The Kier molecular flexibility index (Phi) is 8.30. The van der Waals surface area contributed by atoms with E-state index in [1.165, 1.54) is 26.6 Å². The molecule has 10 nitrogen and oxygen atoms in total. The van der Waals surface area contributed by atoms with Gasteiger partial charge in [-0.05, 0) is 23.8 Å². The number of benzene rings is 1. The summed E-state index contributed by atoms with van der Waals surface area (Å²) < 4.78 is 26.9. The van der Waals surface area contributed by atoms with Crippen LogP contribution in [0.1, 0.15) is 5.56 Å². The van der Waals surface area contributed by atoms with Crippen molar-refractivity contribution in [2.75, 3.05) is 27.4 Å². The van der Waals surface area contributed by atoms with Gasteiger partial charge in [-0.25, -0.2) is 0 Å². The van der Waals surface area contributed by atoms with Crippen molar-refractivity contribution in [3.05, 3.63) is 30.0 Å². The minimum atomic E-state index is -1.57. The summed E-state index contributed by atoms with van der Waals surface area (Å²) in [7, 11) is 2.82. The Bertz CT molecular complexity index is 622. The van der Waals surface area contributed by atoms with Gasteiger partial charge in [-0.2, -0.15) is 0 Å². The first kappa shape index (κ1) is 22.2. The van der Waals surface area contributed by atoms with E-state index in [0.717, 1.165) is 0 Å². The van der Waals surface area contributed by atoms with E-state index in [-0.39, 0.29) is 30.5 Å². The minimum absolute atomic E-state index is 0.101. The lowest BCUT2D eigenvalue weighted by Gasteiger charge is -2.39. The summed E-state index contributed by atoms with van der Waals surface area (Å²) in [6, 6.07) is 3.24. The smallest absolute Gasteiger partial charge is 0.229 e. The average molecular weight is 402 g/mol. The molecule has 0 amide bonds. The van der Waals surface area contributed by atoms with Gasteiger partial charge >= 0.3 is 0 Å². The molecule has 10 heteroatoms. The zero-order valence-electron chi connectivity index (χ0n) is 15.6. The molecule has 2 rings (SSSR count). The Labute approximate surface area is 162 Å². The predicted molar refractivity (Wildman–Crippen MR) is 95.0 cm³/mol. The Morgan fingerprint density at radius 3 is 2.18 bits per heavy atom. The van der Waals surface area contributed by atoms with Crippen LogP contribution in [0.5, 0.6) is 17.2 Å². The second-order valence-electron chi connectivity index (χ2n) is 6.01. The Morgan fingerprint density at radius 1 is 1.00 bits per heavy atom. The highest BCUT2D eigenvalue weighted by Crippen LogP contribution is 2.40. The third-order valence-electron chi connectivity index (χ3n) is 4.15. The molecule has 0 saturated carbocycles. The molecule has 1 aliphatic rings. The quantitative estimate of drug-likeness (QED) is 0.323. The highest BCUT2D eigenvalue weighted by molar-refractivity contribution is 5.54. The van der Waals surface area contributed by atoms with Gasteiger partial charge in [-0.15, -0.1) is 0 Å². The molecule has 5 atom stereocenters. The number of aliphatic hydroxyl groups excluding tert-OH is 5. The fourth-order valence-corrected chi connectivity index (χ4v) is 2.67. The average Bonchev–Trinajstić information content (AvgIpc) is 2.71. The van der Waals surface area contributed by atoms with Gasteiger partial charge in [0.1, 0.15) is 31.0 Å². The molecular formula is C18H26O10. The molecular weight excluding hydrogens is 376 g/mol. The lowest BCUT2D eigenvalue weighted by Crippen LogP contribution is -2.60. The Morgan fingerprint density at radius 2 is 1.64 bits per heavy atom. The third-order valence-corrected chi connectivity index (χ3v) is 4.15. The van der Waals surface area contributed by atoms with Crippen molar-refractivity contribution >= 4 is 0 Å². The van der Waals surface area contributed by atoms with Gasteiger partial charge < -0.3 is 49.2 Å². The minimum Gasteiger partial charge on any atom is -0.497 e. The van der Waals surface area contributed by atoms with Crippen LogP contribution in [0.4, 0.5) is 0 Å². The van der Waals surface area contributed by atoms with Gasteiger partial charge in [-0.1, -0.05) is 0 Å². The molecule has 0 unspecified atom stereocenters. The molecule has 1 aliphatic heterocycles. The molecule has 0 radical (unpaired) electrons. The maximum absolute atomic E-state index is 10.2. The summed E-state index contributed by atoms with van der Waals surface area (Å²) in [5.74, 6) is 0.603. The van der Waals surface area contributed by atoms with Crippen LogP contribution < -0.4 is 14.2 Å². The van der Waals surface area contributed by atoms with Crippen molar-refractivity contribution in [1.82, 2.24) is 0 Å². The van der Waals surface area contributed by atoms with E-state index >= 15 is 0 Å². The lowest BCUT2D eigenvalue weighted by atomic mass is 9.99. The fraction of sp³-hybridized carbons (Fsp3) is 0.556. The molecule has 1 heterocycles. The number of aliphatic hydroxyl groups is 5. The molecule has 0 aromatic heterocycles. The number of hydrogen-bond donors (Lipinski definition) is 5. The molecule has 0 spiro atoms. The zero-order valence-corrected chi connectivity index (χ0v) is 15.6. The van der Waals surface area contributed by atoms with Gasteiger partial charge in [0.2, 0.25) is 12.0 Å². The maximum atomic E-state index is 10.2. The summed E-state index contributed by atoms with van der Waals surface area (Å²) in [6.45, 7) is -0.543. The van der Waals surface area contributed by atoms with E-state index in [4.69, 9.17) is 28.8 Å². The second kappa shape index (κ2) is 10.5. The molecule has 28 heavy (non-hydrogen) atoms. The molecule has 1 fully saturated rings.